The van der Waals surface area contributed by atoms with Gasteiger partial charge in [-0.25, -0.2) is 9.97 Å². The first kappa shape index (κ1) is 32.5. The maximum Gasteiger partial charge on any atom is 0.227 e. The number of pyridine rings is 3. The van der Waals surface area contributed by atoms with Crippen LogP contribution >= 0.6 is 0 Å². The zero-order valence-electron chi connectivity index (χ0n) is 30.5. The third kappa shape index (κ3) is 5.77. The Labute approximate surface area is 327 Å². The van der Waals surface area contributed by atoms with Gasteiger partial charge in [0.2, 0.25) is 5.89 Å². The molecule has 0 aliphatic rings. The van der Waals surface area contributed by atoms with E-state index in [2.05, 4.69) is 114 Å². The second kappa shape index (κ2) is 13.4. The smallest absolute Gasteiger partial charge is 0.227 e. The molecule has 5 aromatic heterocycles. The summed E-state index contributed by atoms with van der Waals surface area (Å²) in [6.45, 7) is 0. The van der Waals surface area contributed by atoms with Gasteiger partial charge in [0.15, 0.2) is 5.58 Å². The van der Waals surface area contributed by atoms with Gasteiger partial charge < -0.3 is 13.7 Å². The zero-order valence-corrected chi connectivity index (χ0v) is 30.5. The highest BCUT2D eigenvalue weighted by atomic mass is 16.3. The van der Waals surface area contributed by atoms with Crippen LogP contribution in [0.5, 0.6) is 0 Å². The summed E-state index contributed by atoms with van der Waals surface area (Å²) in [6.07, 6.45) is 3.63. The van der Waals surface area contributed by atoms with Gasteiger partial charge in [-0.3, -0.25) is 9.97 Å². The standard InChI is InChI=1S/C50H31N5O2/c1-2-9-32(10-3-1)40-31-43(53-42-13-8-29-51-49(40)42)33-16-22-36(23-17-33)55(38-26-20-35(21-27-38)50-54-41-12-5-7-15-45(41)57-50)37-24-18-34(19-25-37)48-47-39-11-4-6-14-44(39)56-46(47)28-30-52-48/h1-31H. The van der Waals surface area contributed by atoms with Crippen LogP contribution in [0.4, 0.5) is 17.1 Å². The van der Waals surface area contributed by atoms with E-state index in [1.807, 2.05) is 79.1 Å². The summed E-state index contributed by atoms with van der Waals surface area (Å²) in [5.41, 5.74) is 14.8. The fourth-order valence-electron chi connectivity index (χ4n) is 7.68. The fraction of sp³-hybridized carbons (Fsp3) is 0. The minimum absolute atomic E-state index is 0.587. The Morgan fingerprint density at radius 1 is 0.421 bits per heavy atom. The highest BCUT2D eigenvalue weighted by Gasteiger charge is 2.18. The number of fused-ring (bicyclic) bond motifs is 5. The average Bonchev–Trinajstić information content (AvgIpc) is 3.90. The highest BCUT2D eigenvalue weighted by molar-refractivity contribution is 6.11. The molecular formula is C50H31N5O2. The first-order valence-electron chi connectivity index (χ1n) is 18.8. The number of oxazole rings is 1. The topological polar surface area (TPSA) is 81.1 Å². The van der Waals surface area contributed by atoms with Crippen LogP contribution in [0.25, 0.3) is 89.2 Å². The Kier molecular flexibility index (Phi) is 7.67. The molecule has 0 saturated carbocycles. The lowest BCUT2D eigenvalue weighted by molar-refractivity contribution is 0.620. The summed E-state index contributed by atoms with van der Waals surface area (Å²) in [6, 6.07) is 59.8. The van der Waals surface area contributed by atoms with Gasteiger partial charge in [0.25, 0.3) is 0 Å². The van der Waals surface area contributed by atoms with Gasteiger partial charge in [0, 0.05) is 57.1 Å². The number of rotatable bonds is 7. The van der Waals surface area contributed by atoms with Gasteiger partial charge in [-0.15, -0.1) is 0 Å². The molecule has 268 valence electrons. The molecule has 7 nitrogen and oxygen atoms in total. The molecular weight excluding hydrogens is 703 g/mol. The number of para-hydroxylation sites is 3. The van der Waals surface area contributed by atoms with Crippen molar-refractivity contribution in [2.75, 3.05) is 4.90 Å². The van der Waals surface area contributed by atoms with E-state index in [1.165, 1.54) is 0 Å². The first-order valence-corrected chi connectivity index (χ1v) is 18.8. The van der Waals surface area contributed by atoms with Crippen molar-refractivity contribution >= 4 is 61.1 Å². The van der Waals surface area contributed by atoms with Gasteiger partial charge in [0.05, 0.1) is 27.8 Å². The summed E-state index contributed by atoms with van der Waals surface area (Å²) >= 11 is 0. The van der Waals surface area contributed by atoms with Crippen LogP contribution < -0.4 is 4.90 Å². The van der Waals surface area contributed by atoms with E-state index < -0.39 is 0 Å². The predicted octanol–water partition coefficient (Wildman–Crippen LogP) is 13.2. The lowest BCUT2D eigenvalue weighted by Crippen LogP contribution is -2.09. The van der Waals surface area contributed by atoms with E-state index in [1.54, 1.807) is 0 Å². The monoisotopic (exact) mass is 733 g/mol. The van der Waals surface area contributed by atoms with Crippen molar-refractivity contribution in [3.05, 3.63) is 188 Å². The molecule has 5 heterocycles. The molecule has 0 amide bonds. The van der Waals surface area contributed by atoms with Crippen LogP contribution in [-0.2, 0) is 0 Å². The van der Waals surface area contributed by atoms with Crippen LogP contribution in [0.15, 0.2) is 197 Å². The van der Waals surface area contributed by atoms with Crippen LogP contribution in [0.3, 0.4) is 0 Å². The van der Waals surface area contributed by atoms with Crippen LogP contribution in [0.2, 0.25) is 0 Å². The lowest BCUT2D eigenvalue weighted by Gasteiger charge is -2.26. The Balaban J connectivity index is 0.997. The van der Waals surface area contributed by atoms with Crippen molar-refractivity contribution in [3.8, 4) is 45.1 Å². The van der Waals surface area contributed by atoms with Crippen molar-refractivity contribution in [2.45, 2.75) is 0 Å². The van der Waals surface area contributed by atoms with Crippen LogP contribution in [0.1, 0.15) is 0 Å². The van der Waals surface area contributed by atoms with E-state index in [0.29, 0.717) is 5.89 Å². The molecule has 57 heavy (non-hydrogen) atoms. The van der Waals surface area contributed by atoms with Gasteiger partial charge in [0.1, 0.15) is 16.7 Å². The molecule has 0 atom stereocenters. The molecule has 0 saturated heterocycles. The Bertz CT molecular complexity index is 3190. The summed E-state index contributed by atoms with van der Waals surface area (Å²) in [4.78, 5) is 21.6. The molecule has 11 rings (SSSR count). The molecule has 0 bridgehead atoms. The summed E-state index contributed by atoms with van der Waals surface area (Å²) in [5.74, 6) is 0.587. The number of anilines is 3. The Morgan fingerprint density at radius 2 is 1.07 bits per heavy atom. The Hall–Kier alpha value is -7.90. The van der Waals surface area contributed by atoms with Gasteiger partial charge in [-0.2, -0.15) is 0 Å². The normalized spacial score (nSPS) is 11.5. The van der Waals surface area contributed by atoms with E-state index in [9.17, 15) is 0 Å². The van der Waals surface area contributed by atoms with Crippen molar-refractivity contribution in [1.29, 1.82) is 0 Å². The molecule has 6 aromatic carbocycles. The molecule has 7 heteroatoms. The number of hydrogen-bond acceptors (Lipinski definition) is 7. The average molecular weight is 734 g/mol. The van der Waals surface area contributed by atoms with Gasteiger partial charge in [-0.1, -0.05) is 84.9 Å². The quantitative estimate of drug-likeness (QED) is 0.161. The maximum atomic E-state index is 6.18. The predicted molar refractivity (Wildman–Crippen MR) is 229 cm³/mol. The first-order chi connectivity index (χ1) is 28.2. The second-order valence-electron chi connectivity index (χ2n) is 13.9. The summed E-state index contributed by atoms with van der Waals surface area (Å²) in [7, 11) is 0. The number of furan rings is 1. The SMILES string of the molecule is c1ccc(-c2cc(-c3ccc(N(c4ccc(-c5nc6ccccc6o5)cc4)c4ccc(-c5nccc6oc7ccccc7c56)cc4)cc3)nc3cccnc23)cc1. The minimum Gasteiger partial charge on any atom is -0.456 e. The molecule has 0 aliphatic carbocycles. The summed E-state index contributed by atoms with van der Waals surface area (Å²) in [5, 5.41) is 2.06. The third-order valence-electron chi connectivity index (χ3n) is 10.4. The number of aromatic nitrogens is 4. The van der Waals surface area contributed by atoms with Gasteiger partial charge >= 0.3 is 0 Å². The van der Waals surface area contributed by atoms with Gasteiger partial charge in [-0.05, 0) is 96.6 Å². The van der Waals surface area contributed by atoms with Crippen LogP contribution in [0, 0.1) is 0 Å². The molecule has 0 aliphatic heterocycles. The number of nitrogens with zero attached hydrogens (tertiary/aromatic N) is 5. The maximum absolute atomic E-state index is 6.18. The van der Waals surface area contributed by atoms with Crippen LogP contribution in [-0.4, -0.2) is 19.9 Å². The second-order valence-corrected chi connectivity index (χ2v) is 13.9. The zero-order chi connectivity index (χ0) is 37.7. The molecule has 0 unspecified atom stereocenters. The van der Waals surface area contributed by atoms with E-state index in [0.717, 1.165) is 100 Å². The van der Waals surface area contributed by atoms with E-state index >= 15 is 0 Å². The van der Waals surface area contributed by atoms with Crippen molar-refractivity contribution in [1.82, 2.24) is 19.9 Å². The molecule has 0 radical (unpaired) electrons. The van der Waals surface area contributed by atoms with E-state index in [-0.39, 0.29) is 0 Å². The van der Waals surface area contributed by atoms with Crippen molar-refractivity contribution in [2.24, 2.45) is 0 Å². The molecule has 0 fully saturated rings. The highest BCUT2D eigenvalue weighted by Crippen LogP contribution is 2.40. The Morgan fingerprint density at radius 3 is 1.82 bits per heavy atom. The number of benzene rings is 6. The van der Waals surface area contributed by atoms with Crippen molar-refractivity contribution < 1.29 is 8.83 Å². The molecule has 0 spiro atoms. The molecule has 0 N–H and O–H groups in total. The van der Waals surface area contributed by atoms with Crippen molar-refractivity contribution in [3.63, 3.8) is 0 Å². The minimum atomic E-state index is 0.587. The lowest BCUT2D eigenvalue weighted by atomic mass is 10.0. The number of hydrogen-bond donors (Lipinski definition) is 0. The third-order valence-corrected chi connectivity index (χ3v) is 10.4. The molecule has 11 aromatic rings. The summed E-state index contributed by atoms with van der Waals surface area (Å²) < 4.78 is 12.3. The fourth-order valence-corrected chi connectivity index (χ4v) is 7.68. The largest absolute Gasteiger partial charge is 0.456 e. The van der Waals surface area contributed by atoms with E-state index in [4.69, 9.17) is 28.8 Å².